The quantitative estimate of drug-likeness (QED) is 0.756. The number of nitrogens with zero attached hydrogens (tertiary/aromatic N) is 1. The predicted molar refractivity (Wildman–Crippen MR) is 73.8 cm³/mol. The Morgan fingerprint density at radius 3 is 2.61 bits per heavy atom. The van der Waals surface area contributed by atoms with Gasteiger partial charge in [0.15, 0.2) is 6.61 Å². The van der Waals surface area contributed by atoms with Crippen molar-refractivity contribution >= 4 is 17.6 Å². The van der Waals surface area contributed by atoms with Crippen LogP contribution in [0.4, 0.5) is 23.7 Å². The lowest BCUT2D eigenvalue weighted by Crippen LogP contribution is -2.40. The number of benzene rings is 1. The first-order chi connectivity index (χ1) is 10.7. The zero-order chi connectivity index (χ0) is 17.5. The monoisotopic (exact) mass is 330 g/mol. The van der Waals surface area contributed by atoms with E-state index in [0.717, 1.165) is 0 Å². The number of urea groups is 1. The van der Waals surface area contributed by atoms with Crippen molar-refractivity contribution in [2.24, 2.45) is 0 Å². The van der Waals surface area contributed by atoms with E-state index in [1.54, 1.807) is 6.07 Å². The van der Waals surface area contributed by atoms with E-state index in [2.05, 4.69) is 15.4 Å². The van der Waals surface area contributed by atoms with Crippen molar-refractivity contribution < 1.29 is 27.5 Å². The Kier molecular flexibility index (Phi) is 6.20. The van der Waals surface area contributed by atoms with E-state index in [4.69, 9.17) is 5.26 Å². The molecule has 0 aliphatic rings. The molecule has 0 spiro atoms. The first-order valence-electron chi connectivity index (χ1n) is 6.24. The topological polar surface area (TPSA) is 103 Å². The zero-order valence-electron chi connectivity index (χ0n) is 12.0. The molecule has 0 unspecified atom stereocenters. The Labute approximate surface area is 129 Å². The molecule has 0 heterocycles. The number of rotatable bonds is 5. The first-order valence-corrected chi connectivity index (χ1v) is 6.24. The van der Waals surface area contributed by atoms with Crippen LogP contribution in [0.2, 0.25) is 0 Å². The molecule has 124 valence electrons. The number of halogens is 3. The lowest BCUT2D eigenvalue weighted by molar-refractivity contribution is -0.153. The summed E-state index contributed by atoms with van der Waals surface area (Å²) in [5.41, 5.74) is 0.193. The van der Waals surface area contributed by atoms with Gasteiger partial charge in [-0.15, -0.1) is 0 Å². The molecule has 0 bridgehead atoms. The maximum absolute atomic E-state index is 12.1. The van der Waals surface area contributed by atoms with E-state index in [-0.39, 0.29) is 17.9 Å². The summed E-state index contributed by atoms with van der Waals surface area (Å²) in [5.74, 6) is -0.842. The highest BCUT2D eigenvalue weighted by atomic mass is 19.4. The number of ether oxygens (including phenoxy) is 1. The normalized spacial score (nSPS) is 10.4. The van der Waals surface area contributed by atoms with Gasteiger partial charge in [-0.1, -0.05) is 0 Å². The molecule has 1 rings (SSSR count). The second-order valence-electron chi connectivity index (χ2n) is 4.21. The average molecular weight is 330 g/mol. The molecule has 1 aromatic carbocycles. The van der Waals surface area contributed by atoms with Crippen LogP contribution in [0.15, 0.2) is 18.2 Å². The summed E-state index contributed by atoms with van der Waals surface area (Å²) in [5, 5.41) is 15.8. The van der Waals surface area contributed by atoms with Crippen molar-refractivity contribution in [2.75, 3.05) is 25.5 Å². The third kappa shape index (κ3) is 6.56. The fraction of sp³-hybridized carbons (Fsp3) is 0.308. The number of imide groups is 1. The van der Waals surface area contributed by atoms with Crippen LogP contribution in [0.3, 0.4) is 0 Å². The third-order valence-electron chi connectivity index (χ3n) is 2.42. The van der Waals surface area contributed by atoms with Gasteiger partial charge in [0.1, 0.15) is 11.8 Å². The van der Waals surface area contributed by atoms with Crippen LogP contribution in [-0.2, 0) is 4.79 Å². The highest BCUT2D eigenvalue weighted by Crippen LogP contribution is 2.24. The standard InChI is InChI=1S/C13H13F3N4O3/c1-18-12(22)20-11(21)6-19-9-2-3-10(8(4-9)5-17)23-7-13(14,15)16/h2-4,19H,6-7H2,1H3,(H2,18,20,21,22). The van der Waals surface area contributed by atoms with E-state index >= 15 is 0 Å². The van der Waals surface area contributed by atoms with Crippen LogP contribution < -0.4 is 20.7 Å². The fourth-order valence-corrected chi connectivity index (χ4v) is 1.43. The first kappa shape index (κ1) is 18.1. The Hall–Kier alpha value is -2.96. The van der Waals surface area contributed by atoms with Crippen molar-refractivity contribution in [1.29, 1.82) is 5.26 Å². The zero-order valence-corrected chi connectivity index (χ0v) is 12.0. The number of hydrogen-bond donors (Lipinski definition) is 3. The Balaban J connectivity index is 2.67. The average Bonchev–Trinajstić information content (AvgIpc) is 2.50. The summed E-state index contributed by atoms with van der Waals surface area (Å²) in [6, 6.07) is 4.79. The molecule has 23 heavy (non-hydrogen) atoms. The van der Waals surface area contributed by atoms with Crippen LogP contribution in [0.5, 0.6) is 5.75 Å². The van der Waals surface area contributed by atoms with Crippen LogP contribution in [0.25, 0.3) is 0 Å². The molecular weight excluding hydrogens is 317 g/mol. The van der Waals surface area contributed by atoms with Crippen molar-refractivity contribution in [2.45, 2.75) is 6.18 Å². The van der Waals surface area contributed by atoms with Gasteiger partial charge in [-0.2, -0.15) is 18.4 Å². The Morgan fingerprint density at radius 2 is 2.04 bits per heavy atom. The number of nitrogens with one attached hydrogen (secondary N) is 3. The fourth-order valence-electron chi connectivity index (χ4n) is 1.43. The van der Waals surface area contributed by atoms with Gasteiger partial charge in [-0.25, -0.2) is 4.79 Å². The van der Waals surface area contributed by atoms with Gasteiger partial charge in [0, 0.05) is 12.7 Å². The molecule has 0 aromatic heterocycles. The number of nitriles is 1. The molecule has 0 fully saturated rings. The van der Waals surface area contributed by atoms with Crippen molar-refractivity contribution in [3.63, 3.8) is 0 Å². The molecule has 0 saturated heterocycles. The van der Waals surface area contributed by atoms with Crippen molar-refractivity contribution in [3.05, 3.63) is 23.8 Å². The molecular formula is C13H13F3N4O3. The molecule has 10 heteroatoms. The molecule has 0 aliphatic carbocycles. The predicted octanol–water partition coefficient (Wildman–Crippen LogP) is 1.37. The van der Waals surface area contributed by atoms with Gasteiger partial charge < -0.3 is 15.4 Å². The maximum atomic E-state index is 12.1. The molecule has 0 aliphatic heterocycles. The highest BCUT2D eigenvalue weighted by molar-refractivity contribution is 5.96. The lowest BCUT2D eigenvalue weighted by atomic mass is 10.2. The summed E-state index contributed by atoms with van der Waals surface area (Å²) in [6.45, 7) is -1.77. The van der Waals surface area contributed by atoms with Crippen LogP contribution in [0.1, 0.15) is 5.56 Å². The smallest absolute Gasteiger partial charge is 0.422 e. The summed E-state index contributed by atoms with van der Waals surface area (Å²) in [7, 11) is 1.34. The minimum atomic E-state index is -4.51. The molecule has 3 amide bonds. The number of carbonyl (C=O) groups is 2. The van der Waals surface area contributed by atoms with E-state index in [0.29, 0.717) is 5.69 Å². The SMILES string of the molecule is CNC(=O)NC(=O)CNc1ccc(OCC(F)(F)F)c(C#N)c1. The molecule has 1 aromatic rings. The number of hydrogen-bond acceptors (Lipinski definition) is 5. The van der Waals surface area contributed by atoms with E-state index in [9.17, 15) is 22.8 Å². The van der Waals surface area contributed by atoms with E-state index in [1.807, 2.05) is 5.32 Å². The number of anilines is 1. The van der Waals surface area contributed by atoms with Gasteiger partial charge in [-0.05, 0) is 18.2 Å². The van der Waals surface area contributed by atoms with Crippen LogP contribution >= 0.6 is 0 Å². The maximum Gasteiger partial charge on any atom is 0.422 e. The lowest BCUT2D eigenvalue weighted by Gasteiger charge is -2.12. The van der Waals surface area contributed by atoms with Gasteiger partial charge in [0.25, 0.3) is 0 Å². The van der Waals surface area contributed by atoms with Crippen LogP contribution in [-0.4, -0.2) is 38.3 Å². The van der Waals surface area contributed by atoms with Crippen molar-refractivity contribution in [1.82, 2.24) is 10.6 Å². The van der Waals surface area contributed by atoms with Crippen LogP contribution in [0, 0.1) is 11.3 Å². The summed E-state index contributed by atoms with van der Waals surface area (Å²) in [4.78, 5) is 22.3. The van der Waals surface area contributed by atoms with Crippen molar-refractivity contribution in [3.8, 4) is 11.8 Å². The third-order valence-corrected chi connectivity index (χ3v) is 2.42. The summed E-state index contributed by atoms with van der Waals surface area (Å²) < 4.78 is 40.8. The minimum Gasteiger partial charge on any atom is -0.483 e. The van der Waals surface area contributed by atoms with E-state index in [1.165, 1.54) is 25.2 Å². The minimum absolute atomic E-state index is 0.119. The Bertz CT molecular complexity index is 626. The summed E-state index contributed by atoms with van der Waals surface area (Å²) in [6.07, 6.45) is -4.51. The van der Waals surface area contributed by atoms with E-state index < -0.39 is 24.7 Å². The largest absolute Gasteiger partial charge is 0.483 e. The molecule has 0 atom stereocenters. The molecule has 0 radical (unpaired) electrons. The number of amides is 3. The van der Waals surface area contributed by atoms with Gasteiger partial charge in [0.05, 0.1) is 12.1 Å². The second-order valence-corrected chi connectivity index (χ2v) is 4.21. The Morgan fingerprint density at radius 1 is 1.35 bits per heavy atom. The summed E-state index contributed by atoms with van der Waals surface area (Å²) >= 11 is 0. The molecule has 0 saturated carbocycles. The molecule has 3 N–H and O–H groups in total. The van der Waals surface area contributed by atoms with Gasteiger partial charge in [0.2, 0.25) is 5.91 Å². The number of carbonyl (C=O) groups excluding carboxylic acids is 2. The second kappa shape index (κ2) is 7.88. The van der Waals surface area contributed by atoms with Gasteiger partial charge in [-0.3, -0.25) is 10.1 Å². The number of alkyl halides is 3. The highest BCUT2D eigenvalue weighted by Gasteiger charge is 2.28. The molecule has 7 nitrogen and oxygen atoms in total. The van der Waals surface area contributed by atoms with Gasteiger partial charge >= 0.3 is 12.2 Å².